The van der Waals surface area contributed by atoms with E-state index in [0.29, 0.717) is 137 Å². The first-order valence-corrected chi connectivity index (χ1v) is 39.8. The van der Waals surface area contributed by atoms with Crippen molar-refractivity contribution in [3.63, 3.8) is 0 Å². The fourth-order valence-corrected chi connectivity index (χ4v) is 13.6. The summed E-state index contributed by atoms with van der Waals surface area (Å²) in [7, 11) is -9.83. The van der Waals surface area contributed by atoms with Crippen molar-refractivity contribution in [3.05, 3.63) is 35.3 Å². The van der Waals surface area contributed by atoms with Crippen molar-refractivity contribution in [2.45, 2.75) is 266 Å². The minimum Gasteiger partial charge on any atom is -0.724 e. The van der Waals surface area contributed by atoms with Crippen LogP contribution in [0.5, 0.6) is 0 Å². The largest absolute Gasteiger partial charge is 0.724 e. The Kier molecular flexibility index (Phi) is 35.1. The van der Waals surface area contributed by atoms with Crippen LogP contribution in [0.4, 0.5) is 24.0 Å². The molecular formula is C66H118N16O20S2. The van der Waals surface area contributed by atoms with Gasteiger partial charge in [0.25, 0.3) is 0 Å². The lowest BCUT2D eigenvalue weighted by atomic mass is 10.0. The average molecular weight is 1520 g/mol. The van der Waals surface area contributed by atoms with Gasteiger partial charge in [0.1, 0.15) is 29.3 Å². The van der Waals surface area contributed by atoms with Crippen LogP contribution in [0.15, 0.2) is 13.3 Å². The summed E-state index contributed by atoms with van der Waals surface area (Å²) in [5.41, 5.74) is -1.16. The second-order valence-corrected chi connectivity index (χ2v) is 30.4. The molecule has 6 aliphatic heterocycles. The molecule has 9 rings (SSSR count). The van der Waals surface area contributed by atoms with Gasteiger partial charge in [-0.15, -0.1) is 34.9 Å². The standard InChI is InChI=1S/C18H29N5O8S.C18H29N5O5.C16H36N.C12H19N5O7S.C2H6/c1-5-9-21(17(25)30-18(2,3)4)10-8-14-19-20-15(29-14)13-7-6-12-11-22(13)16(24)23(12)31-32(26,27)28;1-5-9-21(17(25)28-18(2,3)4)10-8-14-19-20-15(27-14)13-7-6-12-11-22(13)16(24)23(12)26;1-5-9-13-17(14-10-6-2,15-11-7-3)16-12-8-4;18-6-5-13-4-3-10-14-15-11(23-10)9-2-1-8-7-16(9)12(19)17(8)24-25(20,21)22;1-2/h12-13H,5-11H2,1-4H3,(H,26,27,28);12-13,26H,5-11H2,1-4H3;5-16H2,1-4H3;8-9,13,18H,1-7H2,(H,20,21,22);1-2H3/q;;+1;;/p-1/t2*12-,13+;;8-,9+;/m11.1./s1. The summed E-state index contributed by atoms with van der Waals surface area (Å²) in [6.07, 6.45) is 16.2. The molecule has 0 spiro atoms. The number of nitrogens with zero attached hydrogens (tertiary/aromatic N) is 15. The minimum absolute atomic E-state index is 0.0392. The molecule has 0 saturated carbocycles. The molecule has 0 unspecified atom stereocenters. The van der Waals surface area contributed by atoms with Gasteiger partial charge in [-0.05, 0) is 119 Å². The zero-order chi connectivity index (χ0) is 77.2. The van der Waals surface area contributed by atoms with Crippen LogP contribution in [0.2, 0.25) is 0 Å². The number of ether oxygens (including phenoxy) is 2. The van der Waals surface area contributed by atoms with Gasteiger partial charge in [-0.1, -0.05) is 81.1 Å². The Morgan fingerprint density at radius 1 is 0.538 bits per heavy atom. The SMILES string of the molecule is CC.CCCC[N+](CCCC)(CCCC)CCCC.CCCN(CCc1nnc([C@@H]2CC[C@@H]3CN2C(=O)N3O)o1)C(=O)OC(C)(C)C.CCCN(CCc1nnc([C@@H]2CC[C@@H]3CN2C(=O)N3OS(=O)(=O)[O-])o1)C(=O)OC(C)(C)C.O=C1N2C[C@@H](CC[C@H]2c2nnc(CCNCCO)o2)N1OS(=O)(=O)O. The molecule has 3 aromatic rings. The third kappa shape index (κ3) is 27.0. The second kappa shape index (κ2) is 41.5. The lowest BCUT2D eigenvalue weighted by Gasteiger charge is -2.39. The molecule has 6 bridgehead atoms. The molecule has 6 saturated heterocycles. The number of rotatable bonds is 34. The molecule has 0 radical (unpaired) electrons. The number of quaternary nitrogens is 1. The van der Waals surface area contributed by atoms with Crippen molar-refractivity contribution < 1.29 is 96.0 Å². The Hall–Kier alpha value is -6.65. The van der Waals surface area contributed by atoms with E-state index in [9.17, 15) is 50.6 Å². The van der Waals surface area contributed by atoms with E-state index < -0.39 is 80.4 Å². The van der Waals surface area contributed by atoms with E-state index in [2.05, 4.69) is 72.2 Å². The van der Waals surface area contributed by atoms with Gasteiger partial charge >= 0.3 is 40.7 Å². The highest BCUT2D eigenvalue weighted by atomic mass is 32.3. The molecular weight excluding hydrogens is 1400 g/mol. The van der Waals surface area contributed by atoms with E-state index in [4.69, 9.17) is 32.4 Å². The summed E-state index contributed by atoms with van der Waals surface area (Å²) >= 11 is 0. The number of aromatic nitrogens is 6. The molecule has 6 atom stereocenters. The van der Waals surface area contributed by atoms with Crippen molar-refractivity contribution in [3.8, 4) is 0 Å². The summed E-state index contributed by atoms with van der Waals surface area (Å²) in [5.74, 6) is 1.97. The quantitative estimate of drug-likeness (QED) is 0.0142. The van der Waals surface area contributed by atoms with E-state index >= 15 is 0 Å². The van der Waals surface area contributed by atoms with Crippen LogP contribution in [0.1, 0.15) is 253 Å². The normalized spacial score (nSPS) is 20.1. The first-order valence-electron chi connectivity index (χ1n) is 37.1. The first kappa shape index (κ1) is 88.0. The lowest BCUT2D eigenvalue weighted by molar-refractivity contribution is -0.929. The maximum absolute atomic E-state index is 12.5. The number of hydrogen-bond donors (Lipinski definition) is 4. The first-order chi connectivity index (χ1) is 49.2. The van der Waals surface area contributed by atoms with Crippen molar-refractivity contribution in [1.82, 2.24) is 75.6 Å². The number of urea groups is 3. The zero-order valence-electron chi connectivity index (χ0n) is 63.6. The van der Waals surface area contributed by atoms with Gasteiger partial charge in [0.05, 0.1) is 50.9 Å². The third-order valence-electron chi connectivity index (χ3n) is 17.9. The van der Waals surface area contributed by atoms with E-state index in [1.807, 2.05) is 48.5 Å². The molecule has 36 nitrogen and oxygen atoms in total. The van der Waals surface area contributed by atoms with Crippen LogP contribution in [-0.4, -0.2) is 262 Å². The van der Waals surface area contributed by atoms with Crippen LogP contribution in [0, 0.1) is 0 Å². The minimum atomic E-state index is -5.06. The molecule has 0 aliphatic carbocycles. The topological polar surface area (TPSA) is 429 Å². The highest BCUT2D eigenvalue weighted by Crippen LogP contribution is 2.41. The number of aliphatic hydroxyl groups excluding tert-OH is 1. The molecule has 0 aromatic carbocycles. The molecule has 9 heterocycles. The lowest BCUT2D eigenvalue weighted by Crippen LogP contribution is -2.50. The smallest absolute Gasteiger partial charge is 0.418 e. The number of hydrogen-bond acceptors (Lipinski definition) is 26. The summed E-state index contributed by atoms with van der Waals surface area (Å²) in [5, 5.41) is 47.7. The Morgan fingerprint density at radius 2 is 0.894 bits per heavy atom. The van der Waals surface area contributed by atoms with Crippen molar-refractivity contribution in [1.29, 1.82) is 0 Å². The van der Waals surface area contributed by atoms with Crippen LogP contribution in [0.25, 0.3) is 0 Å². The molecule has 6 fully saturated rings. The number of carbonyl (C=O) groups is 5. The van der Waals surface area contributed by atoms with Gasteiger partial charge in [0, 0.05) is 78.2 Å². The van der Waals surface area contributed by atoms with Crippen molar-refractivity contribution in [2.75, 3.05) is 91.7 Å². The zero-order valence-corrected chi connectivity index (χ0v) is 65.2. The number of aliphatic hydroxyl groups is 1. The number of amides is 8. The molecule has 4 N–H and O–H groups in total. The van der Waals surface area contributed by atoms with E-state index in [1.54, 1.807) is 35.5 Å². The number of unbranched alkanes of at least 4 members (excludes halogenated alkanes) is 4. The monoisotopic (exact) mass is 1520 g/mol. The molecule has 38 heteroatoms. The summed E-state index contributed by atoms with van der Waals surface area (Å²) in [6, 6.07) is -4.35. The summed E-state index contributed by atoms with van der Waals surface area (Å²) in [4.78, 5) is 69.2. The van der Waals surface area contributed by atoms with Gasteiger partial charge in [0.2, 0.25) is 45.7 Å². The van der Waals surface area contributed by atoms with Gasteiger partial charge in [-0.3, -0.25) is 9.76 Å². The molecule has 594 valence electrons. The van der Waals surface area contributed by atoms with Crippen LogP contribution >= 0.6 is 0 Å². The number of hydroxylamine groups is 6. The van der Waals surface area contributed by atoms with Gasteiger partial charge < -0.3 is 66.7 Å². The van der Waals surface area contributed by atoms with Gasteiger partial charge in [-0.2, -0.15) is 22.8 Å². The van der Waals surface area contributed by atoms with Gasteiger partial charge in [0.15, 0.2) is 0 Å². The number of nitrogens with one attached hydrogen (secondary N) is 1. The van der Waals surface area contributed by atoms with Gasteiger partial charge in [-0.25, -0.2) is 37.5 Å². The van der Waals surface area contributed by atoms with Crippen LogP contribution in [0.3, 0.4) is 0 Å². The number of carbonyl (C=O) groups excluding carboxylic acids is 5. The maximum atomic E-state index is 12.5. The Balaban J connectivity index is 0.000000252. The van der Waals surface area contributed by atoms with E-state index in [0.717, 1.165) is 17.9 Å². The predicted octanol–water partition coefficient (Wildman–Crippen LogP) is 9.08. The van der Waals surface area contributed by atoms with E-state index in [1.165, 1.54) is 91.8 Å². The summed E-state index contributed by atoms with van der Waals surface area (Å²) in [6.45, 7) is 37.6. The fraction of sp³-hybridized carbons (Fsp3) is 0.833. The molecule has 6 aliphatic rings. The maximum Gasteiger partial charge on any atom is 0.418 e. The van der Waals surface area contributed by atoms with Crippen molar-refractivity contribution in [2.24, 2.45) is 0 Å². The molecule has 104 heavy (non-hydrogen) atoms. The highest BCUT2D eigenvalue weighted by molar-refractivity contribution is 7.81. The average Bonchev–Trinajstić information content (AvgIpc) is 1.63. The molecule has 8 amide bonds. The Labute approximate surface area is 613 Å². The van der Waals surface area contributed by atoms with Crippen LogP contribution in [-0.2, 0) is 58.1 Å². The van der Waals surface area contributed by atoms with E-state index in [-0.39, 0.29) is 49.7 Å². The second-order valence-electron chi connectivity index (χ2n) is 28.4. The fourth-order valence-electron chi connectivity index (χ4n) is 12.9. The predicted molar refractivity (Wildman–Crippen MR) is 375 cm³/mol. The summed E-state index contributed by atoms with van der Waals surface area (Å²) < 4.78 is 101. The Bertz CT molecular complexity index is 3310. The number of fused-ring (bicyclic) bond motifs is 6. The Morgan fingerprint density at radius 3 is 1.24 bits per heavy atom. The van der Waals surface area contributed by atoms with Crippen molar-refractivity contribution >= 4 is 51.1 Å². The third-order valence-corrected chi connectivity index (χ3v) is 18.6. The molecule has 3 aromatic heterocycles. The number of piperidine rings is 3. The van der Waals surface area contributed by atoms with Crippen LogP contribution < -0.4 is 5.32 Å². The highest BCUT2D eigenvalue weighted by Gasteiger charge is 2.51.